The molecule has 0 saturated heterocycles. The molecule has 0 aromatic carbocycles. The summed E-state index contributed by atoms with van der Waals surface area (Å²) in [4.78, 5) is 27.6. The minimum absolute atomic E-state index is 0.810. The molecule has 1 heterocycles. The van der Waals surface area contributed by atoms with E-state index in [2.05, 4.69) is 9.97 Å². The molecule has 7 heteroatoms. The number of aromatic nitrogens is 3. The maximum atomic E-state index is 10.3. The van der Waals surface area contributed by atoms with Crippen molar-refractivity contribution in [1.29, 1.82) is 0 Å². The first-order valence-corrected chi connectivity index (χ1v) is 2.46. The van der Waals surface area contributed by atoms with Gasteiger partial charge in [0.1, 0.15) is 5.97 Å². The van der Waals surface area contributed by atoms with E-state index in [0.29, 0.717) is 0 Å². The molecule has 1 aromatic heterocycles. The van der Waals surface area contributed by atoms with E-state index in [1.165, 1.54) is 0 Å². The maximum Gasteiger partial charge on any atom is 0.347 e. The number of H-pyrrole nitrogens is 1. The minimum atomic E-state index is -1.72. The summed E-state index contributed by atoms with van der Waals surface area (Å²) < 4.78 is 0. The molecule has 0 bridgehead atoms. The number of carbonyl (C=O) groups is 1. The molecule has 0 saturated carbocycles. The van der Waals surface area contributed by atoms with E-state index < -0.39 is 23.5 Å². The number of hydrogen-bond donors (Lipinski definition) is 1. The van der Waals surface area contributed by atoms with Crippen LogP contribution in [0.2, 0.25) is 0 Å². The molecule has 11 heavy (non-hydrogen) atoms. The number of aromatic carboxylic acids is 1. The van der Waals surface area contributed by atoms with Gasteiger partial charge in [0, 0.05) is 0 Å². The largest absolute Gasteiger partial charge is 0.844 e. The Bertz CT molecular complexity index is 343. The quantitative estimate of drug-likeness (QED) is 0.451. The van der Waals surface area contributed by atoms with Gasteiger partial charge in [0.25, 0.3) is 0 Å². The van der Waals surface area contributed by atoms with E-state index in [4.69, 9.17) is 0 Å². The zero-order valence-corrected chi connectivity index (χ0v) is 5.03. The lowest BCUT2D eigenvalue weighted by Crippen LogP contribution is -2.29. The van der Waals surface area contributed by atoms with Crippen LogP contribution in [0, 0.1) is 0 Å². The zero-order valence-electron chi connectivity index (χ0n) is 5.03. The average Bonchev–Trinajstić information content (AvgIpc) is 1.85. The standard InChI is InChI=1S/C4H3N3O4/c8-2(9)1-5-3(10)7-4(11)6-1/h(H,8,9)(H2,5,6,7,10,11)/p-2. The molecule has 0 aliphatic carbocycles. The molecule has 0 aliphatic rings. The number of nitrogens with zero attached hydrogens (tertiary/aromatic N) is 2. The van der Waals surface area contributed by atoms with Crippen LogP contribution in [0.5, 0.6) is 6.01 Å². The smallest absolute Gasteiger partial charge is 0.347 e. The van der Waals surface area contributed by atoms with Gasteiger partial charge in [-0.15, -0.1) is 0 Å². The number of carboxylic acids is 1. The van der Waals surface area contributed by atoms with Crippen molar-refractivity contribution in [2.75, 3.05) is 0 Å². The third-order valence-electron chi connectivity index (χ3n) is 0.823. The molecule has 58 valence electrons. The Morgan fingerprint density at radius 3 is 2.55 bits per heavy atom. The lowest BCUT2D eigenvalue weighted by molar-refractivity contribution is -0.283. The summed E-state index contributed by atoms with van der Waals surface area (Å²) in [5, 5.41) is 20.3. The van der Waals surface area contributed by atoms with Crippen molar-refractivity contribution in [3.05, 3.63) is 16.3 Å². The highest BCUT2D eigenvalue weighted by molar-refractivity contribution is 5.80. The summed E-state index contributed by atoms with van der Waals surface area (Å²) >= 11 is 0. The molecule has 0 fully saturated rings. The third-order valence-corrected chi connectivity index (χ3v) is 0.823. The number of hydrogen-bond acceptors (Lipinski definition) is 6. The Morgan fingerprint density at radius 1 is 1.45 bits per heavy atom. The van der Waals surface area contributed by atoms with E-state index in [1.54, 1.807) is 4.98 Å². The van der Waals surface area contributed by atoms with Crippen molar-refractivity contribution in [1.82, 2.24) is 15.0 Å². The Kier molecular flexibility index (Phi) is 1.55. The molecular formula is C4HN3O4-2. The van der Waals surface area contributed by atoms with Gasteiger partial charge in [0.15, 0.2) is 5.82 Å². The second-order valence-corrected chi connectivity index (χ2v) is 1.57. The molecule has 0 atom stereocenters. The van der Waals surface area contributed by atoms with Gasteiger partial charge in [-0.2, -0.15) is 4.98 Å². The third kappa shape index (κ3) is 1.51. The first-order valence-electron chi connectivity index (χ1n) is 2.46. The van der Waals surface area contributed by atoms with Gasteiger partial charge in [-0.25, -0.2) is 9.78 Å². The topological polar surface area (TPSA) is 122 Å². The van der Waals surface area contributed by atoms with Crippen molar-refractivity contribution in [3.63, 3.8) is 0 Å². The Balaban J connectivity index is 3.30. The summed E-state index contributed by atoms with van der Waals surface area (Å²) in [5.74, 6) is -2.53. The van der Waals surface area contributed by atoms with Crippen LogP contribution in [-0.2, 0) is 0 Å². The van der Waals surface area contributed by atoms with Crippen molar-refractivity contribution in [2.45, 2.75) is 0 Å². The van der Waals surface area contributed by atoms with Gasteiger partial charge in [0.05, 0.1) is 6.01 Å². The Labute approximate surface area is 59.4 Å². The highest BCUT2D eigenvalue weighted by Gasteiger charge is 1.95. The fourth-order valence-electron chi connectivity index (χ4n) is 0.461. The molecule has 0 radical (unpaired) electrons. The predicted octanol–water partition coefficient (Wildman–Crippen LogP) is -3.40. The van der Waals surface area contributed by atoms with Crippen LogP contribution >= 0.6 is 0 Å². The van der Waals surface area contributed by atoms with Crippen LogP contribution in [0.25, 0.3) is 0 Å². The second kappa shape index (κ2) is 2.37. The second-order valence-electron chi connectivity index (χ2n) is 1.57. The van der Waals surface area contributed by atoms with Crippen molar-refractivity contribution in [2.24, 2.45) is 0 Å². The summed E-state index contributed by atoms with van der Waals surface area (Å²) in [5.41, 5.74) is -1.05. The number of nitrogens with one attached hydrogen (secondary N) is 1. The fraction of sp³-hybridized carbons (Fsp3) is 0. The minimum Gasteiger partial charge on any atom is -0.844 e. The van der Waals surface area contributed by atoms with E-state index >= 15 is 0 Å². The van der Waals surface area contributed by atoms with Crippen molar-refractivity contribution < 1.29 is 15.0 Å². The summed E-state index contributed by atoms with van der Waals surface area (Å²) in [7, 11) is 0. The molecule has 0 spiro atoms. The van der Waals surface area contributed by atoms with Gasteiger partial charge in [-0.1, -0.05) is 0 Å². The fourth-order valence-corrected chi connectivity index (χ4v) is 0.461. The van der Waals surface area contributed by atoms with Crippen molar-refractivity contribution >= 4 is 5.97 Å². The van der Waals surface area contributed by atoms with Crippen LogP contribution in [0.15, 0.2) is 4.79 Å². The first-order chi connectivity index (χ1) is 5.09. The molecule has 1 N–H and O–H groups in total. The van der Waals surface area contributed by atoms with E-state index in [1.807, 2.05) is 0 Å². The highest BCUT2D eigenvalue weighted by Crippen LogP contribution is 1.86. The maximum absolute atomic E-state index is 10.3. The van der Waals surface area contributed by atoms with E-state index in [9.17, 15) is 19.8 Å². The predicted molar refractivity (Wildman–Crippen MR) is 26.4 cm³/mol. The van der Waals surface area contributed by atoms with Crippen LogP contribution < -0.4 is 15.9 Å². The van der Waals surface area contributed by atoms with Gasteiger partial charge in [0.2, 0.25) is 0 Å². The Hall–Kier alpha value is -1.92. The van der Waals surface area contributed by atoms with Crippen LogP contribution in [0.1, 0.15) is 10.6 Å². The van der Waals surface area contributed by atoms with Crippen molar-refractivity contribution in [3.8, 4) is 6.01 Å². The van der Waals surface area contributed by atoms with E-state index in [0.717, 1.165) is 0 Å². The lowest BCUT2D eigenvalue weighted by Gasteiger charge is -2.04. The first kappa shape index (κ1) is 7.19. The Morgan fingerprint density at radius 2 is 2.09 bits per heavy atom. The van der Waals surface area contributed by atoms with Gasteiger partial charge in [-0.05, 0) is 0 Å². The normalized spacial score (nSPS) is 9.45. The zero-order chi connectivity index (χ0) is 8.43. The van der Waals surface area contributed by atoms with Gasteiger partial charge >= 0.3 is 5.69 Å². The van der Waals surface area contributed by atoms with Crippen LogP contribution in [0.4, 0.5) is 0 Å². The molecule has 0 amide bonds. The number of aromatic amines is 1. The summed E-state index contributed by atoms with van der Waals surface area (Å²) in [6.07, 6.45) is 0. The highest BCUT2D eigenvalue weighted by atomic mass is 16.4. The van der Waals surface area contributed by atoms with Gasteiger partial charge < -0.3 is 15.0 Å². The summed E-state index contributed by atoms with van der Waals surface area (Å²) in [6, 6.07) is -1.15. The molecule has 1 aromatic rings. The molecule has 1 rings (SSSR count). The van der Waals surface area contributed by atoms with E-state index in [-0.39, 0.29) is 0 Å². The summed E-state index contributed by atoms with van der Waals surface area (Å²) in [6.45, 7) is 0. The van der Waals surface area contributed by atoms with Gasteiger partial charge in [-0.3, -0.25) is 4.98 Å². The molecule has 0 unspecified atom stereocenters. The SMILES string of the molecule is O=C([O-])c1nc([O-])nc(=O)[nH]1. The number of carbonyl (C=O) groups excluding carboxylic acids is 1. The molecular weight excluding hydrogens is 154 g/mol. The van der Waals surface area contributed by atoms with Crippen LogP contribution in [-0.4, -0.2) is 20.9 Å². The lowest BCUT2D eigenvalue weighted by atomic mass is 10.6. The van der Waals surface area contributed by atoms with Crippen LogP contribution in [0.3, 0.4) is 0 Å². The average molecular weight is 155 g/mol. The molecule has 0 aliphatic heterocycles. The number of carboxylic acid groups (broad SMARTS) is 1. The molecule has 7 nitrogen and oxygen atoms in total. The monoisotopic (exact) mass is 155 g/mol. The number of rotatable bonds is 1.